The number of nitrogens with zero attached hydrogens (tertiary/aromatic N) is 5. The van der Waals surface area contributed by atoms with Gasteiger partial charge in [-0.15, -0.1) is 5.10 Å². The fourth-order valence-electron chi connectivity index (χ4n) is 5.34. The molecule has 2 heterocycles. The van der Waals surface area contributed by atoms with Gasteiger partial charge in [-0.1, -0.05) is 17.3 Å². The lowest BCUT2D eigenvalue weighted by Crippen LogP contribution is -2.55. The van der Waals surface area contributed by atoms with Crippen LogP contribution in [0.4, 0.5) is 4.39 Å². The van der Waals surface area contributed by atoms with Crippen molar-refractivity contribution in [3.63, 3.8) is 0 Å². The second kappa shape index (κ2) is 13.8. The van der Waals surface area contributed by atoms with Crippen molar-refractivity contribution >= 4 is 11.8 Å². The predicted molar refractivity (Wildman–Crippen MR) is 152 cm³/mol. The van der Waals surface area contributed by atoms with Crippen LogP contribution in [0.25, 0.3) is 5.69 Å². The van der Waals surface area contributed by atoms with E-state index in [1.54, 1.807) is 48.5 Å². The topological polar surface area (TPSA) is 105 Å². The van der Waals surface area contributed by atoms with E-state index in [1.165, 1.54) is 12.1 Å². The van der Waals surface area contributed by atoms with E-state index < -0.39 is 6.04 Å². The summed E-state index contributed by atoms with van der Waals surface area (Å²) in [6, 6.07) is 13.5. The summed E-state index contributed by atoms with van der Waals surface area (Å²) >= 11 is 0. The van der Waals surface area contributed by atoms with Crippen LogP contribution >= 0.6 is 0 Å². The van der Waals surface area contributed by atoms with Gasteiger partial charge in [-0.05, 0) is 67.8 Å². The van der Waals surface area contributed by atoms with Gasteiger partial charge in [0.2, 0.25) is 5.91 Å². The highest BCUT2D eigenvalue weighted by Gasteiger charge is 2.37. The van der Waals surface area contributed by atoms with Crippen molar-refractivity contribution < 1.29 is 18.7 Å². The van der Waals surface area contributed by atoms with Crippen molar-refractivity contribution in [3.8, 4) is 5.69 Å². The molecule has 11 heteroatoms. The minimum Gasteiger partial charge on any atom is -0.383 e. The molecule has 2 amide bonds. The van der Waals surface area contributed by atoms with E-state index in [9.17, 15) is 14.0 Å². The summed E-state index contributed by atoms with van der Waals surface area (Å²) in [5.74, 6) is -0.153. The van der Waals surface area contributed by atoms with Crippen LogP contribution in [0.1, 0.15) is 41.1 Å². The van der Waals surface area contributed by atoms with Gasteiger partial charge in [-0.2, -0.15) is 0 Å². The number of hydrogen-bond acceptors (Lipinski definition) is 7. The maximum Gasteiger partial charge on any atom is 0.251 e. The highest BCUT2D eigenvalue weighted by molar-refractivity contribution is 5.97. The van der Waals surface area contributed by atoms with Crippen LogP contribution in [0.5, 0.6) is 0 Å². The molecule has 1 aliphatic heterocycles. The summed E-state index contributed by atoms with van der Waals surface area (Å²) < 4.78 is 20.0. The molecule has 0 spiro atoms. The molecule has 41 heavy (non-hydrogen) atoms. The molecule has 3 aromatic rings. The highest BCUT2D eigenvalue weighted by Crippen LogP contribution is 2.40. The van der Waals surface area contributed by atoms with Gasteiger partial charge in [-0.25, -0.2) is 9.07 Å². The fraction of sp³-hybridized carbons (Fsp3) is 0.467. The molecule has 1 aromatic heterocycles. The quantitative estimate of drug-likeness (QED) is 0.308. The molecule has 218 valence electrons. The van der Waals surface area contributed by atoms with E-state index in [4.69, 9.17) is 4.74 Å². The second-order valence-electron chi connectivity index (χ2n) is 10.7. The van der Waals surface area contributed by atoms with Crippen LogP contribution < -0.4 is 10.6 Å². The first-order valence-corrected chi connectivity index (χ1v) is 14.3. The molecule has 2 fully saturated rings. The van der Waals surface area contributed by atoms with Crippen LogP contribution in [0, 0.1) is 5.82 Å². The van der Waals surface area contributed by atoms with Gasteiger partial charge in [-0.3, -0.25) is 14.5 Å². The average Bonchev–Trinajstić information content (AvgIpc) is 3.56. The summed E-state index contributed by atoms with van der Waals surface area (Å²) in [7, 11) is 1.69. The number of ether oxygens (including phenoxy) is 1. The van der Waals surface area contributed by atoms with Gasteiger partial charge in [0.25, 0.3) is 5.91 Å². The molecule has 0 unspecified atom stereocenters. The number of hydrogen-bond donors (Lipinski definition) is 2. The SMILES string of the molecule is COCCN1CCN(C(=O)[C@H](CCCN[C@@H]2C[C@H]2c2ccc(F)cc2)NC(=O)c2ccc(-n3ccnn3)cc2)CC1. The standard InChI is InChI=1S/C30H38FN7O3/c1-41-20-19-36-15-17-37(18-16-36)30(40)27(3-2-12-32-28-21-26(28)22-4-8-24(31)9-5-22)34-29(39)23-6-10-25(11-7-23)38-14-13-33-35-38/h4-11,13-14,26-28,32H,2-3,12,15-21H2,1H3,(H,34,39)/t26-,27-,28+/m0/s1. The number of carbonyl (C=O) groups excluding carboxylic acids is 2. The Hall–Kier alpha value is -3.67. The third kappa shape index (κ3) is 7.75. The Morgan fingerprint density at radius 2 is 1.83 bits per heavy atom. The molecule has 2 N–H and O–H groups in total. The normalized spacial score (nSPS) is 19.6. The third-order valence-electron chi connectivity index (χ3n) is 7.88. The minimum absolute atomic E-state index is 0.0420. The van der Waals surface area contributed by atoms with Gasteiger partial charge in [0.1, 0.15) is 11.9 Å². The first kappa shape index (κ1) is 28.8. The lowest BCUT2D eigenvalue weighted by atomic mass is 10.1. The van der Waals surface area contributed by atoms with Crippen molar-refractivity contribution in [2.45, 2.75) is 37.3 Å². The molecule has 3 atom stereocenters. The summed E-state index contributed by atoms with van der Waals surface area (Å²) in [6.07, 6.45) is 5.61. The van der Waals surface area contributed by atoms with Crippen LogP contribution in [0.2, 0.25) is 0 Å². The van der Waals surface area contributed by atoms with Gasteiger partial charge < -0.3 is 20.3 Å². The van der Waals surface area contributed by atoms with E-state index in [2.05, 4.69) is 25.8 Å². The maximum absolute atomic E-state index is 13.6. The van der Waals surface area contributed by atoms with Crippen LogP contribution in [-0.2, 0) is 9.53 Å². The number of methoxy groups -OCH3 is 1. The highest BCUT2D eigenvalue weighted by atomic mass is 19.1. The Balaban J connectivity index is 1.16. The summed E-state index contributed by atoms with van der Waals surface area (Å²) in [5, 5.41) is 14.4. The Morgan fingerprint density at radius 1 is 1.07 bits per heavy atom. The number of nitrogens with one attached hydrogen (secondary N) is 2. The number of carbonyl (C=O) groups is 2. The lowest BCUT2D eigenvalue weighted by Gasteiger charge is -2.36. The smallest absolute Gasteiger partial charge is 0.251 e. The zero-order chi connectivity index (χ0) is 28.6. The molecule has 10 nitrogen and oxygen atoms in total. The minimum atomic E-state index is -0.614. The first-order chi connectivity index (χ1) is 20.0. The van der Waals surface area contributed by atoms with Crippen molar-refractivity contribution in [2.24, 2.45) is 0 Å². The molecular weight excluding hydrogens is 525 g/mol. The lowest BCUT2D eigenvalue weighted by molar-refractivity contribution is -0.135. The Kier molecular flexibility index (Phi) is 9.71. The summed E-state index contributed by atoms with van der Waals surface area (Å²) in [5.41, 5.74) is 2.42. The number of piperazine rings is 1. The first-order valence-electron chi connectivity index (χ1n) is 14.3. The second-order valence-corrected chi connectivity index (χ2v) is 10.7. The van der Waals surface area contributed by atoms with Gasteiger partial charge >= 0.3 is 0 Å². The molecule has 2 aliphatic rings. The van der Waals surface area contributed by atoms with Crippen LogP contribution in [0.15, 0.2) is 60.9 Å². The largest absolute Gasteiger partial charge is 0.383 e. The van der Waals surface area contributed by atoms with Crippen molar-refractivity contribution in [3.05, 3.63) is 77.9 Å². The Morgan fingerprint density at radius 3 is 2.51 bits per heavy atom. The number of rotatable bonds is 13. The van der Waals surface area contributed by atoms with E-state index >= 15 is 0 Å². The molecule has 0 bridgehead atoms. The number of amides is 2. The van der Waals surface area contributed by atoms with E-state index in [0.717, 1.165) is 50.3 Å². The Bertz CT molecular complexity index is 1260. The monoisotopic (exact) mass is 563 g/mol. The van der Waals surface area contributed by atoms with Crippen molar-refractivity contribution in [1.29, 1.82) is 0 Å². The molecule has 1 aliphatic carbocycles. The summed E-state index contributed by atoms with van der Waals surface area (Å²) in [6.45, 7) is 5.07. The molecule has 1 saturated carbocycles. The van der Waals surface area contributed by atoms with Crippen molar-refractivity contribution in [1.82, 2.24) is 35.4 Å². The van der Waals surface area contributed by atoms with Crippen LogP contribution in [0.3, 0.4) is 0 Å². The molecule has 0 radical (unpaired) electrons. The fourth-order valence-corrected chi connectivity index (χ4v) is 5.34. The van der Waals surface area contributed by atoms with E-state index in [1.807, 2.05) is 17.0 Å². The van der Waals surface area contributed by atoms with Gasteiger partial charge in [0, 0.05) is 57.4 Å². The number of benzene rings is 2. The van der Waals surface area contributed by atoms with Crippen LogP contribution in [-0.4, -0.2) is 102 Å². The predicted octanol–water partition coefficient (Wildman–Crippen LogP) is 2.22. The zero-order valence-electron chi connectivity index (χ0n) is 23.4. The average molecular weight is 564 g/mol. The number of aromatic nitrogens is 3. The molecule has 5 rings (SSSR count). The van der Waals surface area contributed by atoms with Gasteiger partial charge in [0.05, 0.1) is 24.7 Å². The maximum atomic E-state index is 13.6. The number of halogens is 1. The zero-order valence-corrected chi connectivity index (χ0v) is 23.4. The van der Waals surface area contributed by atoms with Crippen molar-refractivity contribution in [2.75, 3.05) is 53.0 Å². The van der Waals surface area contributed by atoms with E-state index in [0.29, 0.717) is 43.6 Å². The summed E-state index contributed by atoms with van der Waals surface area (Å²) in [4.78, 5) is 31.0. The molecule has 1 saturated heterocycles. The van der Waals surface area contributed by atoms with E-state index in [-0.39, 0.29) is 17.6 Å². The molecular formula is C30H38FN7O3. The van der Waals surface area contributed by atoms with Gasteiger partial charge in [0.15, 0.2) is 0 Å². The Labute approximate surface area is 239 Å². The molecule has 2 aromatic carbocycles. The third-order valence-corrected chi connectivity index (χ3v) is 7.88.